The largest absolute Gasteiger partial charge is 0.464 e. The lowest BCUT2D eigenvalue weighted by atomic mass is 10.2. The molecule has 5 heteroatoms. The number of hydrogen-bond donors (Lipinski definition) is 0. The summed E-state index contributed by atoms with van der Waals surface area (Å²) in [5.74, 6) is 0.170. The molecule has 0 spiro atoms. The van der Waals surface area contributed by atoms with Gasteiger partial charge < -0.3 is 4.42 Å². The molecule has 0 N–H and O–H groups in total. The maximum Gasteiger partial charge on any atom is 0.154 e. The normalized spacial score (nSPS) is 12.1. The van der Waals surface area contributed by atoms with Crippen LogP contribution in [0.25, 0.3) is 11.0 Å². The molecule has 0 aliphatic heterocycles. The highest BCUT2D eigenvalue weighted by Gasteiger charge is 2.15. The van der Waals surface area contributed by atoms with Crippen LogP contribution in [0, 0.1) is 0 Å². The van der Waals surface area contributed by atoms with Crippen molar-refractivity contribution in [3.8, 4) is 0 Å². The van der Waals surface area contributed by atoms with Crippen LogP contribution in [0.3, 0.4) is 0 Å². The van der Waals surface area contributed by atoms with Gasteiger partial charge in [0.25, 0.3) is 0 Å². The Morgan fingerprint density at radius 3 is 2.81 bits per heavy atom. The third kappa shape index (κ3) is 2.15. The maximum atomic E-state index is 11.6. The predicted molar refractivity (Wildman–Crippen MR) is 67.1 cm³/mol. The Morgan fingerprint density at radius 1 is 1.38 bits per heavy atom. The molecule has 0 saturated heterocycles. The van der Waals surface area contributed by atoms with E-state index in [1.54, 1.807) is 6.92 Å². The lowest BCUT2D eigenvalue weighted by Gasteiger charge is -2.00. The fraction of sp³-hybridized carbons (Fsp3) is 0.273. The molecular weight excluding hydrogens is 292 g/mol. The van der Waals surface area contributed by atoms with Crippen molar-refractivity contribution in [1.82, 2.24) is 0 Å². The van der Waals surface area contributed by atoms with Crippen LogP contribution in [0.5, 0.6) is 0 Å². The smallest absolute Gasteiger partial charge is 0.154 e. The van der Waals surface area contributed by atoms with Crippen LogP contribution in [0.2, 0.25) is 0 Å². The summed E-state index contributed by atoms with van der Waals surface area (Å²) in [5.41, 5.74) is 1.42. The van der Waals surface area contributed by atoms with Crippen LogP contribution in [0.15, 0.2) is 33.4 Å². The zero-order valence-corrected chi connectivity index (χ0v) is 11.1. The first kappa shape index (κ1) is 11.7. The van der Waals surface area contributed by atoms with Crippen molar-refractivity contribution in [2.75, 3.05) is 5.75 Å². The molecule has 0 fully saturated rings. The first-order chi connectivity index (χ1) is 7.53. The molecule has 0 saturated carbocycles. The van der Waals surface area contributed by atoms with Gasteiger partial charge in [0, 0.05) is 21.2 Å². The molecule has 86 valence electrons. The van der Waals surface area contributed by atoms with Gasteiger partial charge in [-0.05, 0) is 12.1 Å². The number of benzene rings is 1. The minimum absolute atomic E-state index is 0.0269. The Labute approximate surface area is 102 Å². The first-order valence-corrected chi connectivity index (χ1v) is 7.50. The zero-order valence-electron chi connectivity index (χ0n) is 8.73. The van der Waals surface area contributed by atoms with E-state index in [4.69, 9.17) is 4.42 Å². The van der Waals surface area contributed by atoms with Gasteiger partial charge in [-0.3, -0.25) is 0 Å². The van der Waals surface area contributed by atoms with Gasteiger partial charge in [-0.1, -0.05) is 28.9 Å². The van der Waals surface area contributed by atoms with Gasteiger partial charge in [0.2, 0.25) is 0 Å². The van der Waals surface area contributed by atoms with Gasteiger partial charge in [0.05, 0.1) is 12.0 Å². The Hall–Kier alpha value is -0.810. The fourth-order valence-corrected chi connectivity index (χ4v) is 3.05. The molecule has 2 aromatic rings. The highest BCUT2D eigenvalue weighted by Crippen LogP contribution is 2.29. The lowest BCUT2D eigenvalue weighted by Crippen LogP contribution is -2.06. The van der Waals surface area contributed by atoms with Crippen molar-refractivity contribution in [3.63, 3.8) is 0 Å². The highest BCUT2D eigenvalue weighted by molar-refractivity contribution is 9.10. The second kappa shape index (κ2) is 4.22. The predicted octanol–water partition coefficient (Wildman–Crippen LogP) is 3.13. The second-order valence-corrected chi connectivity index (χ2v) is 6.76. The molecule has 0 amide bonds. The molecular formula is C11H11BrO3S. The van der Waals surface area contributed by atoms with E-state index in [1.165, 1.54) is 6.26 Å². The monoisotopic (exact) mass is 302 g/mol. The molecule has 1 aromatic carbocycles. The molecule has 0 bridgehead atoms. The first-order valence-electron chi connectivity index (χ1n) is 4.88. The average Bonchev–Trinajstić information content (AvgIpc) is 2.62. The minimum atomic E-state index is -3.03. The maximum absolute atomic E-state index is 11.6. The number of rotatable bonds is 3. The molecule has 1 aromatic heterocycles. The van der Waals surface area contributed by atoms with Gasteiger partial charge in [0.1, 0.15) is 5.58 Å². The van der Waals surface area contributed by atoms with Gasteiger partial charge >= 0.3 is 0 Å². The zero-order chi connectivity index (χ0) is 11.8. The topological polar surface area (TPSA) is 47.3 Å². The molecule has 0 aliphatic rings. The summed E-state index contributed by atoms with van der Waals surface area (Å²) >= 11 is 3.40. The van der Waals surface area contributed by atoms with E-state index in [2.05, 4.69) is 15.9 Å². The van der Waals surface area contributed by atoms with E-state index in [0.717, 1.165) is 9.86 Å². The van der Waals surface area contributed by atoms with E-state index in [-0.39, 0.29) is 11.5 Å². The van der Waals surface area contributed by atoms with Crippen LogP contribution in [-0.2, 0) is 15.6 Å². The summed E-state index contributed by atoms with van der Waals surface area (Å²) in [6.45, 7) is 1.65. The second-order valence-electron chi connectivity index (χ2n) is 3.55. The molecule has 0 unspecified atom stereocenters. The standard InChI is InChI=1S/C11H11BrO3S/c1-2-16(13,14)7-8-6-15-10-5-3-4-9(12)11(8)10/h3-6H,2,7H2,1H3. The third-order valence-corrected chi connectivity index (χ3v) is 4.73. The molecule has 0 aliphatic carbocycles. The third-order valence-electron chi connectivity index (χ3n) is 2.44. The van der Waals surface area contributed by atoms with Crippen LogP contribution < -0.4 is 0 Å². The van der Waals surface area contributed by atoms with E-state index in [9.17, 15) is 8.42 Å². The van der Waals surface area contributed by atoms with Crippen molar-refractivity contribution >= 4 is 36.7 Å². The quantitative estimate of drug-likeness (QED) is 0.875. The van der Waals surface area contributed by atoms with Gasteiger partial charge in [-0.15, -0.1) is 0 Å². The van der Waals surface area contributed by atoms with E-state index in [1.807, 2.05) is 18.2 Å². The van der Waals surface area contributed by atoms with Gasteiger partial charge in [0.15, 0.2) is 9.84 Å². The molecule has 2 rings (SSSR count). The van der Waals surface area contributed by atoms with Crippen LogP contribution in [0.4, 0.5) is 0 Å². The Balaban J connectivity index is 2.54. The van der Waals surface area contributed by atoms with Crippen LogP contribution >= 0.6 is 15.9 Å². The van der Waals surface area contributed by atoms with Crippen molar-refractivity contribution in [1.29, 1.82) is 0 Å². The van der Waals surface area contributed by atoms with Crippen molar-refractivity contribution in [2.45, 2.75) is 12.7 Å². The lowest BCUT2D eigenvalue weighted by molar-refractivity contribution is 0.592. The van der Waals surface area contributed by atoms with Gasteiger partial charge in [-0.25, -0.2) is 8.42 Å². The minimum Gasteiger partial charge on any atom is -0.464 e. The van der Waals surface area contributed by atoms with Gasteiger partial charge in [-0.2, -0.15) is 0 Å². The Kier molecular flexibility index (Phi) is 3.08. The van der Waals surface area contributed by atoms with E-state index < -0.39 is 9.84 Å². The van der Waals surface area contributed by atoms with E-state index >= 15 is 0 Å². The van der Waals surface area contributed by atoms with Crippen molar-refractivity contribution in [2.24, 2.45) is 0 Å². The SMILES string of the molecule is CCS(=O)(=O)Cc1coc2cccc(Br)c12. The number of fused-ring (bicyclic) bond motifs is 1. The summed E-state index contributed by atoms with van der Waals surface area (Å²) in [6, 6.07) is 5.55. The van der Waals surface area contributed by atoms with Crippen molar-refractivity contribution < 1.29 is 12.8 Å². The average molecular weight is 303 g/mol. The molecule has 3 nitrogen and oxygen atoms in total. The van der Waals surface area contributed by atoms with Crippen molar-refractivity contribution in [3.05, 3.63) is 34.5 Å². The van der Waals surface area contributed by atoms with E-state index in [0.29, 0.717) is 11.1 Å². The number of hydrogen-bond acceptors (Lipinski definition) is 3. The number of furan rings is 1. The molecule has 0 atom stereocenters. The Bertz CT molecular complexity index is 613. The number of halogens is 1. The summed E-state index contributed by atoms with van der Waals surface area (Å²) in [4.78, 5) is 0. The summed E-state index contributed by atoms with van der Waals surface area (Å²) in [6.07, 6.45) is 1.52. The summed E-state index contributed by atoms with van der Waals surface area (Å²) in [5, 5.41) is 0.847. The summed E-state index contributed by atoms with van der Waals surface area (Å²) < 4.78 is 29.3. The summed E-state index contributed by atoms with van der Waals surface area (Å²) in [7, 11) is -3.03. The highest BCUT2D eigenvalue weighted by atomic mass is 79.9. The molecule has 1 heterocycles. The molecule has 16 heavy (non-hydrogen) atoms. The number of sulfone groups is 1. The fourth-order valence-electron chi connectivity index (χ4n) is 1.55. The van der Waals surface area contributed by atoms with Crippen LogP contribution in [-0.4, -0.2) is 14.2 Å². The molecule has 0 radical (unpaired) electrons. The Morgan fingerprint density at radius 2 is 2.12 bits per heavy atom. The van der Waals surface area contributed by atoms with Crippen LogP contribution in [0.1, 0.15) is 12.5 Å².